The SMILES string of the molecule is CCCCCC/C=C\CCCCCCCC(=O)OC(COCCCCCCCC/C=C\CCCCCCCCC)COP(=O)(O)OC1C(O)C(O)C(O)C(O)C1O. The summed E-state index contributed by atoms with van der Waals surface area (Å²) in [6, 6.07) is 0. The van der Waals surface area contributed by atoms with Crippen molar-refractivity contribution in [3.8, 4) is 0 Å². The molecule has 0 heterocycles. The predicted octanol–water partition coefficient (Wildman–Crippen LogP) is 8.92. The van der Waals surface area contributed by atoms with Crippen LogP contribution in [-0.2, 0) is 27.9 Å². The van der Waals surface area contributed by atoms with Crippen LogP contribution in [0.1, 0.15) is 187 Å². The predicted molar refractivity (Wildman–Crippen MR) is 226 cm³/mol. The molecule has 0 radical (unpaired) electrons. The Kier molecular flexibility index (Phi) is 33.6. The highest BCUT2D eigenvalue weighted by Gasteiger charge is 2.51. The molecule has 0 aromatic heterocycles. The molecule has 12 nitrogen and oxygen atoms in total. The first-order valence-corrected chi connectivity index (χ1v) is 24.2. The van der Waals surface area contributed by atoms with Crippen molar-refractivity contribution in [2.45, 2.75) is 230 Å². The Bertz CT molecular complexity index is 1040. The Hall–Kier alpha value is -1.18. The number of unbranched alkanes of at least 4 members (excludes halogenated alkanes) is 22. The summed E-state index contributed by atoms with van der Waals surface area (Å²) in [5.41, 5.74) is 0. The van der Waals surface area contributed by atoms with Gasteiger partial charge in [-0.25, -0.2) is 4.57 Å². The van der Waals surface area contributed by atoms with Crippen LogP contribution in [0.4, 0.5) is 0 Å². The van der Waals surface area contributed by atoms with Crippen molar-refractivity contribution < 1.29 is 58.3 Å². The summed E-state index contributed by atoms with van der Waals surface area (Å²) in [7, 11) is -5.02. The van der Waals surface area contributed by atoms with Crippen LogP contribution < -0.4 is 0 Å². The molecule has 57 heavy (non-hydrogen) atoms. The van der Waals surface area contributed by atoms with Gasteiger partial charge in [0.05, 0.1) is 13.2 Å². The standard InChI is InChI=1S/C44H83O12P/c1-3-5-7-9-11-13-15-17-18-19-20-22-24-26-28-30-32-34-53-35-37(36-54-57(51,52)56-44-42(49)40(47)39(46)41(48)43(44)50)55-38(45)33-31-29-27-25-23-21-16-14-12-10-8-6-4-2/h14,16,18-19,37,39-44,46-50H,3-13,15,17,20-36H2,1-2H3,(H,51,52)/b16-14-,19-18-. The van der Waals surface area contributed by atoms with Crippen LogP contribution in [0.3, 0.4) is 0 Å². The van der Waals surface area contributed by atoms with Crippen molar-refractivity contribution in [3.05, 3.63) is 24.3 Å². The molecule has 1 rings (SSSR count). The largest absolute Gasteiger partial charge is 0.472 e. The molecule has 1 fully saturated rings. The maximum absolute atomic E-state index is 12.8. The van der Waals surface area contributed by atoms with Crippen LogP contribution in [0.25, 0.3) is 0 Å². The summed E-state index contributed by atoms with van der Waals surface area (Å²) in [6.07, 6.45) is 26.8. The molecule has 0 saturated heterocycles. The van der Waals surface area contributed by atoms with Crippen LogP contribution in [0, 0.1) is 0 Å². The number of phosphoric acid groups is 1. The van der Waals surface area contributed by atoms with Gasteiger partial charge in [-0.05, 0) is 64.2 Å². The lowest BCUT2D eigenvalue weighted by molar-refractivity contribution is -0.220. The molecule has 0 amide bonds. The monoisotopic (exact) mass is 835 g/mol. The third-order valence-corrected chi connectivity index (χ3v) is 11.5. The summed E-state index contributed by atoms with van der Waals surface area (Å²) in [5, 5.41) is 50.1. The minimum atomic E-state index is -5.02. The van der Waals surface area contributed by atoms with Gasteiger partial charge in [-0.3, -0.25) is 13.8 Å². The second kappa shape index (κ2) is 35.6. The molecule has 0 aromatic carbocycles. The Balaban J connectivity index is 2.41. The number of carbonyl (C=O) groups is 1. The fourth-order valence-electron chi connectivity index (χ4n) is 6.87. The first kappa shape index (κ1) is 53.8. The normalized spacial score (nSPS) is 23.0. The number of aliphatic hydroxyl groups is 5. The molecular weight excluding hydrogens is 751 g/mol. The molecule has 0 spiro atoms. The smallest absolute Gasteiger partial charge is 0.457 e. The molecule has 6 atom stereocenters. The van der Waals surface area contributed by atoms with Crippen LogP contribution in [0.15, 0.2) is 24.3 Å². The Morgan fingerprint density at radius 1 is 0.544 bits per heavy atom. The second-order valence-corrected chi connectivity index (χ2v) is 17.3. The maximum Gasteiger partial charge on any atom is 0.472 e. The topological polar surface area (TPSA) is 192 Å². The minimum Gasteiger partial charge on any atom is -0.457 e. The average molecular weight is 835 g/mol. The lowest BCUT2D eigenvalue weighted by Gasteiger charge is -2.41. The lowest BCUT2D eigenvalue weighted by atomic mass is 9.85. The van der Waals surface area contributed by atoms with E-state index in [9.17, 15) is 39.8 Å². The number of rotatable bonds is 38. The van der Waals surface area contributed by atoms with Gasteiger partial charge < -0.3 is 39.9 Å². The Morgan fingerprint density at radius 2 is 0.930 bits per heavy atom. The van der Waals surface area contributed by atoms with Crippen LogP contribution in [-0.4, -0.2) is 98.9 Å². The van der Waals surface area contributed by atoms with Crippen molar-refractivity contribution in [3.63, 3.8) is 0 Å². The highest BCUT2D eigenvalue weighted by Crippen LogP contribution is 2.47. The van der Waals surface area contributed by atoms with E-state index in [1.807, 2.05) is 0 Å². The summed E-state index contributed by atoms with van der Waals surface area (Å²) >= 11 is 0. The van der Waals surface area contributed by atoms with E-state index in [-0.39, 0.29) is 13.0 Å². The molecule has 1 aliphatic rings. The molecule has 0 aliphatic heterocycles. The maximum atomic E-state index is 12.8. The van der Waals surface area contributed by atoms with Gasteiger partial charge in [-0.15, -0.1) is 0 Å². The summed E-state index contributed by atoms with van der Waals surface area (Å²) < 4.78 is 34.1. The van der Waals surface area contributed by atoms with Crippen LogP contribution >= 0.6 is 7.82 Å². The Morgan fingerprint density at radius 3 is 1.40 bits per heavy atom. The fourth-order valence-corrected chi connectivity index (χ4v) is 7.85. The quantitative estimate of drug-likeness (QED) is 0.0150. The zero-order valence-electron chi connectivity index (χ0n) is 35.6. The van der Waals surface area contributed by atoms with E-state index in [0.29, 0.717) is 13.0 Å². The molecule has 336 valence electrons. The highest BCUT2D eigenvalue weighted by molar-refractivity contribution is 7.47. The van der Waals surface area contributed by atoms with E-state index in [4.69, 9.17) is 18.5 Å². The average Bonchev–Trinajstić information content (AvgIpc) is 3.19. The summed E-state index contributed by atoms with van der Waals surface area (Å²) in [5.74, 6) is -0.488. The lowest BCUT2D eigenvalue weighted by Crippen LogP contribution is -2.64. The number of ether oxygens (including phenoxy) is 2. The number of phosphoric ester groups is 1. The van der Waals surface area contributed by atoms with E-state index >= 15 is 0 Å². The second-order valence-electron chi connectivity index (χ2n) is 15.9. The van der Waals surface area contributed by atoms with Crippen LogP contribution in [0.2, 0.25) is 0 Å². The van der Waals surface area contributed by atoms with Gasteiger partial charge in [0.25, 0.3) is 0 Å². The number of allylic oxidation sites excluding steroid dienone is 4. The van der Waals surface area contributed by atoms with E-state index in [1.165, 1.54) is 89.9 Å². The molecule has 13 heteroatoms. The fraction of sp³-hybridized carbons (Fsp3) is 0.886. The first-order chi connectivity index (χ1) is 27.5. The molecule has 1 saturated carbocycles. The molecule has 1 aliphatic carbocycles. The minimum absolute atomic E-state index is 0.0820. The van der Waals surface area contributed by atoms with Crippen molar-refractivity contribution in [2.75, 3.05) is 19.8 Å². The zero-order valence-corrected chi connectivity index (χ0v) is 36.5. The third kappa shape index (κ3) is 28.1. The number of hydrogen-bond donors (Lipinski definition) is 6. The van der Waals surface area contributed by atoms with Crippen molar-refractivity contribution in [2.24, 2.45) is 0 Å². The molecule has 6 unspecified atom stereocenters. The van der Waals surface area contributed by atoms with Gasteiger partial charge in [0, 0.05) is 13.0 Å². The number of hydrogen-bond acceptors (Lipinski definition) is 11. The number of carbonyl (C=O) groups excluding carboxylic acids is 1. The van der Waals surface area contributed by atoms with Crippen LogP contribution in [0.5, 0.6) is 0 Å². The van der Waals surface area contributed by atoms with E-state index in [2.05, 4.69) is 38.2 Å². The first-order valence-electron chi connectivity index (χ1n) is 22.7. The summed E-state index contributed by atoms with van der Waals surface area (Å²) in [6.45, 7) is 4.22. The zero-order chi connectivity index (χ0) is 42.0. The van der Waals surface area contributed by atoms with Crippen molar-refractivity contribution in [1.29, 1.82) is 0 Å². The Labute approximate surface area is 345 Å². The van der Waals surface area contributed by atoms with Gasteiger partial charge in [-0.2, -0.15) is 0 Å². The van der Waals surface area contributed by atoms with Crippen molar-refractivity contribution in [1.82, 2.24) is 0 Å². The van der Waals surface area contributed by atoms with Gasteiger partial charge in [-0.1, -0.05) is 141 Å². The third-order valence-electron chi connectivity index (χ3n) is 10.5. The van der Waals surface area contributed by atoms with E-state index in [0.717, 1.165) is 70.6 Å². The van der Waals surface area contributed by atoms with E-state index < -0.39 is 63.1 Å². The summed E-state index contributed by atoms with van der Waals surface area (Å²) in [4.78, 5) is 23.1. The van der Waals surface area contributed by atoms with E-state index in [1.54, 1.807) is 0 Å². The highest BCUT2D eigenvalue weighted by atomic mass is 31.2. The van der Waals surface area contributed by atoms with Gasteiger partial charge in [0.1, 0.15) is 42.7 Å². The van der Waals surface area contributed by atoms with Crippen molar-refractivity contribution >= 4 is 13.8 Å². The molecule has 6 N–H and O–H groups in total. The molecular formula is C44H83O12P. The van der Waals surface area contributed by atoms with Gasteiger partial charge in [0.2, 0.25) is 0 Å². The number of esters is 1. The molecule has 0 bridgehead atoms. The number of aliphatic hydroxyl groups excluding tert-OH is 5. The van der Waals surface area contributed by atoms with Gasteiger partial charge >= 0.3 is 13.8 Å². The van der Waals surface area contributed by atoms with Gasteiger partial charge in [0.15, 0.2) is 0 Å². The molecule has 0 aromatic rings.